The fraction of sp³-hybridized carbons (Fsp3) is 0.526. The minimum absolute atomic E-state index is 0.218. The first-order chi connectivity index (χ1) is 13.0. The predicted octanol–water partition coefficient (Wildman–Crippen LogP) is 3.37. The molecule has 1 fully saturated rings. The maximum atomic E-state index is 13.1. The third-order valence-corrected chi connectivity index (χ3v) is 5.96. The maximum absolute atomic E-state index is 13.1. The van der Waals surface area contributed by atoms with Crippen LogP contribution in [-0.2, 0) is 23.3 Å². The van der Waals surface area contributed by atoms with Crippen molar-refractivity contribution in [2.75, 3.05) is 19.1 Å². The SMILES string of the molecule is COC(=O)[C@H]1C[C@@]2(Br)c3ccccc3N(C(=O)OC(C)(C)C)[C@H]2N1C(=O)OC. The molecule has 0 unspecified atom stereocenters. The maximum Gasteiger partial charge on any atom is 0.416 e. The van der Waals surface area contributed by atoms with E-state index in [1.165, 1.54) is 24.0 Å². The number of rotatable bonds is 1. The monoisotopic (exact) mass is 454 g/mol. The van der Waals surface area contributed by atoms with Gasteiger partial charge in [0.2, 0.25) is 0 Å². The normalized spacial score (nSPS) is 25.8. The van der Waals surface area contributed by atoms with Gasteiger partial charge in [-0.05, 0) is 32.4 Å². The lowest BCUT2D eigenvalue weighted by Gasteiger charge is -2.35. The molecule has 8 nitrogen and oxygen atoms in total. The lowest BCUT2D eigenvalue weighted by Crippen LogP contribution is -2.56. The summed E-state index contributed by atoms with van der Waals surface area (Å²) < 4.78 is 14.5. The van der Waals surface area contributed by atoms with E-state index >= 15 is 0 Å². The average molecular weight is 455 g/mol. The number of fused-ring (bicyclic) bond motifs is 3. The number of esters is 1. The number of alkyl halides is 1. The van der Waals surface area contributed by atoms with Gasteiger partial charge >= 0.3 is 18.2 Å². The summed E-state index contributed by atoms with van der Waals surface area (Å²) >= 11 is 3.73. The van der Waals surface area contributed by atoms with Gasteiger partial charge in [0.1, 0.15) is 17.8 Å². The highest BCUT2D eigenvalue weighted by Gasteiger charge is 2.65. The van der Waals surface area contributed by atoms with Crippen molar-refractivity contribution in [1.82, 2.24) is 4.90 Å². The van der Waals surface area contributed by atoms with Gasteiger partial charge in [0.15, 0.2) is 0 Å². The first-order valence-corrected chi connectivity index (χ1v) is 9.59. The highest BCUT2D eigenvalue weighted by molar-refractivity contribution is 9.09. The van der Waals surface area contributed by atoms with Crippen LogP contribution >= 0.6 is 15.9 Å². The molecule has 0 N–H and O–H groups in total. The Bertz CT molecular complexity index is 823. The van der Waals surface area contributed by atoms with Gasteiger partial charge in [-0.2, -0.15) is 0 Å². The van der Waals surface area contributed by atoms with E-state index in [1.807, 2.05) is 12.1 Å². The van der Waals surface area contributed by atoms with Crippen LogP contribution in [0.15, 0.2) is 24.3 Å². The van der Waals surface area contributed by atoms with Gasteiger partial charge in [-0.3, -0.25) is 9.80 Å². The van der Waals surface area contributed by atoms with E-state index in [1.54, 1.807) is 32.9 Å². The molecule has 2 amide bonds. The van der Waals surface area contributed by atoms with Gasteiger partial charge in [0.25, 0.3) is 0 Å². The van der Waals surface area contributed by atoms with Gasteiger partial charge in [-0.15, -0.1) is 0 Å². The number of benzene rings is 1. The van der Waals surface area contributed by atoms with Crippen LogP contribution in [0.4, 0.5) is 15.3 Å². The Morgan fingerprint density at radius 3 is 2.32 bits per heavy atom. The number of nitrogens with zero attached hydrogens (tertiary/aromatic N) is 2. The van der Waals surface area contributed by atoms with Gasteiger partial charge in [0.05, 0.1) is 24.2 Å². The van der Waals surface area contributed by atoms with Crippen molar-refractivity contribution in [1.29, 1.82) is 0 Å². The molecule has 1 aromatic carbocycles. The molecule has 0 aromatic heterocycles. The molecule has 0 spiro atoms. The van der Waals surface area contributed by atoms with E-state index in [9.17, 15) is 14.4 Å². The summed E-state index contributed by atoms with van der Waals surface area (Å²) in [7, 11) is 2.48. The van der Waals surface area contributed by atoms with Gasteiger partial charge in [-0.25, -0.2) is 14.4 Å². The topological polar surface area (TPSA) is 85.4 Å². The molecule has 3 atom stereocenters. The van der Waals surface area contributed by atoms with Crippen LogP contribution in [0, 0.1) is 0 Å². The second-order valence-electron chi connectivity index (χ2n) is 7.72. The first-order valence-electron chi connectivity index (χ1n) is 8.80. The third kappa shape index (κ3) is 3.11. The number of ether oxygens (including phenoxy) is 3. The number of hydrogen-bond acceptors (Lipinski definition) is 6. The van der Waals surface area contributed by atoms with Crippen molar-refractivity contribution in [2.45, 2.75) is 49.3 Å². The molecule has 9 heteroatoms. The molecule has 28 heavy (non-hydrogen) atoms. The number of likely N-dealkylation sites (tertiary alicyclic amines) is 1. The summed E-state index contributed by atoms with van der Waals surface area (Å²) in [5.74, 6) is -0.583. The van der Waals surface area contributed by atoms with Crippen LogP contribution in [0.1, 0.15) is 32.8 Å². The average Bonchev–Trinajstić information content (AvgIpc) is 3.06. The zero-order valence-corrected chi connectivity index (χ0v) is 18.0. The zero-order valence-electron chi connectivity index (χ0n) is 16.4. The van der Waals surface area contributed by atoms with Crippen LogP contribution in [0.25, 0.3) is 0 Å². The summed E-state index contributed by atoms with van der Waals surface area (Å²) in [4.78, 5) is 40.8. The summed E-state index contributed by atoms with van der Waals surface area (Å²) in [5.41, 5.74) is 0.655. The zero-order chi connectivity index (χ0) is 20.9. The van der Waals surface area contributed by atoms with E-state index in [2.05, 4.69) is 15.9 Å². The number of carbonyl (C=O) groups is 3. The summed E-state index contributed by atoms with van der Waals surface area (Å²) in [6, 6.07) is 6.36. The van der Waals surface area contributed by atoms with Crippen LogP contribution in [0.2, 0.25) is 0 Å². The summed E-state index contributed by atoms with van der Waals surface area (Å²) in [5, 5.41) is 0. The minimum atomic E-state index is -0.917. The van der Waals surface area contributed by atoms with Crippen LogP contribution in [0.3, 0.4) is 0 Å². The van der Waals surface area contributed by atoms with Crippen molar-refractivity contribution in [2.24, 2.45) is 0 Å². The molecular formula is C19H23BrN2O6. The van der Waals surface area contributed by atoms with E-state index in [0.29, 0.717) is 5.69 Å². The molecule has 0 bridgehead atoms. The quantitative estimate of drug-likeness (QED) is 0.367. The van der Waals surface area contributed by atoms with Crippen LogP contribution < -0.4 is 4.90 Å². The number of carbonyl (C=O) groups excluding carboxylic acids is 3. The highest BCUT2D eigenvalue weighted by Crippen LogP contribution is 2.58. The number of methoxy groups -OCH3 is 2. The lowest BCUT2D eigenvalue weighted by molar-refractivity contribution is -0.145. The molecule has 0 aliphatic carbocycles. The third-order valence-electron chi connectivity index (χ3n) is 4.80. The van der Waals surface area contributed by atoms with E-state index < -0.39 is 40.3 Å². The molecule has 3 rings (SSSR count). The molecule has 1 aromatic rings. The Balaban J connectivity index is 2.16. The fourth-order valence-electron chi connectivity index (χ4n) is 3.80. The standard InChI is InChI=1S/C19H23BrN2O6/c1-18(2,3)28-17(25)21-12-9-7-6-8-11(12)19(20)10-13(14(23)26-4)22(15(19)21)16(24)27-5/h6-9,13,15H,10H2,1-5H3/t13-,15+,19-/m1/s1. The van der Waals surface area contributed by atoms with E-state index in [0.717, 1.165) is 5.56 Å². The van der Waals surface area contributed by atoms with Gasteiger partial charge < -0.3 is 14.2 Å². The molecule has 0 radical (unpaired) electrons. The van der Waals surface area contributed by atoms with Crippen molar-refractivity contribution < 1.29 is 28.6 Å². The number of halogens is 1. The van der Waals surface area contributed by atoms with Crippen molar-refractivity contribution >= 4 is 39.8 Å². The molecule has 2 aliphatic rings. The number of anilines is 1. The molecule has 2 aliphatic heterocycles. The second kappa shape index (κ2) is 6.95. The van der Waals surface area contributed by atoms with Crippen molar-refractivity contribution in [3.63, 3.8) is 0 Å². The predicted molar refractivity (Wildman–Crippen MR) is 104 cm³/mol. The Kier molecular flexibility index (Phi) is 5.07. The van der Waals surface area contributed by atoms with Crippen molar-refractivity contribution in [3.05, 3.63) is 29.8 Å². The van der Waals surface area contributed by atoms with Gasteiger partial charge in [0, 0.05) is 6.42 Å². The van der Waals surface area contributed by atoms with Crippen molar-refractivity contribution in [3.8, 4) is 0 Å². The van der Waals surface area contributed by atoms with Crippen LogP contribution in [-0.4, -0.2) is 55.1 Å². The Morgan fingerprint density at radius 2 is 1.75 bits per heavy atom. The lowest BCUT2D eigenvalue weighted by atomic mass is 9.96. The summed E-state index contributed by atoms with van der Waals surface area (Å²) in [6.07, 6.45) is -1.99. The molecule has 0 saturated carbocycles. The smallest absolute Gasteiger partial charge is 0.416 e. The van der Waals surface area contributed by atoms with E-state index in [4.69, 9.17) is 14.2 Å². The minimum Gasteiger partial charge on any atom is -0.467 e. The first kappa shape index (κ1) is 20.4. The van der Waals surface area contributed by atoms with Gasteiger partial charge in [-0.1, -0.05) is 34.1 Å². The Labute approximate surface area is 171 Å². The van der Waals surface area contributed by atoms with Crippen LogP contribution in [0.5, 0.6) is 0 Å². The Morgan fingerprint density at radius 1 is 1.11 bits per heavy atom. The Hall–Kier alpha value is -2.29. The number of para-hydroxylation sites is 1. The molecule has 1 saturated heterocycles. The molecular weight excluding hydrogens is 432 g/mol. The fourth-order valence-corrected chi connectivity index (χ4v) is 4.86. The van der Waals surface area contributed by atoms with E-state index in [-0.39, 0.29) is 6.42 Å². The summed E-state index contributed by atoms with van der Waals surface area (Å²) in [6.45, 7) is 5.29. The number of amides is 2. The number of hydrogen-bond donors (Lipinski definition) is 0. The molecule has 152 valence electrons. The highest BCUT2D eigenvalue weighted by atomic mass is 79.9. The largest absolute Gasteiger partial charge is 0.467 e. The second-order valence-corrected chi connectivity index (χ2v) is 9.14. The molecule has 2 heterocycles.